The highest BCUT2D eigenvalue weighted by Gasteiger charge is 2.44. The van der Waals surface area contributed by atoms with Crippen LogP contribution in [0.5, 0.6) is 0 Å². The first-order valence-electron chi connectivity index (χ1n) is 8.30. The normalized spacial score (nSPS) is 25.8. The number of nitrogens with one attached hydrogen (secondary N) is 1. The van der Waals surface area contributed by atoms with E-state index < -0.39 is 10.0 Å². The van der Waals surface area contributed by atoms with Crippen molar-refractivity contribution in [3.8, 4) is 0 Å². The molecule has 2 aliphatic rings. The van der Waals surface area contributed by atoms with E-state index in [0.717, 1.165) is 48.9 Å². The predicted molar refractivity (Wildman–Crippen MR) is 91.0 cm³/mol. The lowest BCUT2D eigenvalue weighted by Gasteiger charge is -2.27. The molecule has 4 rings (SSSR count). The van der Waals surface area contributed by atoms with Crippen molar-refractivity contribution in [2.24, 2.45) is 7.05 Å². The minimum Gasteiger partial charge on any atom is -0.347 e. The molecule has 3 heterocycles. The van der Waals surface area contributed by atoms with E-state index in [1.165, 1.54) is 0 Å². The topological polar surface area (TPSA) is 54.3 Å². The van der Waals surface area contributed by atoms with Crippen molar-refractivity contribution in [1.82, 2.24) is 14.2 Å². The van der Waals surface area contributed by atoms with E-state index >= 15 is 0 Å². The molecule has 0 spiro atoms. The van der Waals surface area contributed by atoms with E-state index in [0.29, 0.717) is 4.90 Å². The summed E-state index contributed by atoms with van der Waals surface area (Å²) in [4.78, 5) is 0.495. The monoisotopic (exact) mass is 333 g/mol. The van der Waals surface area contributed by atoms with Gasteiger partial charge >= 0.3 is 0 Å². The van der Waals surface area contributed by atoms with Crippen LogP contribution in [0.25, 0.3) is 10.9 Å². The lowest BCUT2D eigenvalue weighted by atomic mass is 10.1. The molecular formula is C17H23N3O2S. The fourth-order valence-electron chi connectivity index (χ4n) is 4.25. The van der Waals surface area contributed by atoms with Crippen LogP contribution >= 0.6 is 0 Å². The highest BCUT2D eigenvalue weighted by molar-refractivity contribution is 7.89. The van der Waals surface area contributed by atoms with Gasteiger partial charge < -0.3 is 9.88 Å². The second-order valence-corrected chi connectivity index (χ2v) is 8.48. The molecule has 2 bridgehead atoms. The van der Waals surface area contributed by atoms with Gasteiger partial charge in [0.1, 0.15) is 4.90 Å². The fraction of sp³-hybridized carbons (Fsp3) is 0.529. The maximum atomic E-state index is 13.5. The summed E-state index contributed by atoms with van der Waals surface area (Å²) in [5.41, 5.74) is 1.80. The van der Waals surface area contributed by atoms with Crippen LogP contribution in [0.4, 0.5) is 0 Å². The van der Waals surface area contributed by atoms with Crippen molar-refractivity contribution >= 4 is 20.9 Å². The van der Waals surface area contributed by atoms with Gasteiger partial charge in [0.15, 0.2) is 0 Å². The largest absolute Gasteiger partial charge is 0.347 e. The summed E-state index contributed by atoms with van der Waals surface area (Å²) in [5.74, 6) is 0. The predicted octanol–water partition coefficient (Wildman–Crippen LogP) is 2.00. The maximum Gasteiger partial charge on any atom is 0.246 e. The molecule has 2 unspecified atom stereocenters. The Morgan fingerprint density at radius 2 is 1.87 bits per heavy atom. The summed E-state index contributed by atoms with van der Waals surface area (Å²) < 4.78 is 30.9. The van der Waals surface area contributed by atoms with E-state index in [9.17, 15) is 8.42 Å². The van der Waals surface area contributed by atoms with Gasteiger partial charge in [0.25, 0.3) is 0 Å². The number of hydrogen-bond donors (Lipinski definition) is 1. The van der Waals surface area contributed by atoms with Crippen LogP contribution in [0.2, 0.25) is 0 Å². The minimum atomic E-state index is -3.49. The Morgan fingerprint density at radius 1 is 1.13 bits per heavy atom. The number of benzene rings is 1. The molecule has 1 aromatic carbocycles. The molecule has 2 fully saturated rings. The molecule has 2 aliphatic heterocycles. The molecule has 0 radical (unpaired) electrons. The van der Waals surface area contributed by atoms with E-state index in [1.54, 1.807) is 0 Å². The van der Waals surface area contributed by atoms with Gasteiger partial charge in [-0.15, -0.1) is 0 Å². The zero-order valence-electron chi connectivity index (χ0n) is 13.6. The Hall–Kier alpha value is -1.37. The summed E-state index contributed by atoms with van der Waals surface area (Å²) >= 11 is 0. The smallest absolute Gasteiger partial charge is 0.246 e. The lowest BCUT2D eigenvalue weighted by Crippen LogP contribution is -2.42. The molecule has 0 aliphatic carbocycles. The Kier molecular flexibility index (Phi) is 3.51. The van der Waals surface area contributed by atoms with Crippen molar-refractivity contribution in [1.29, 1.82) is 0 Å². The van der Waals surface area contributed by atoms with Gasteiger partial charge in [-0.25, -0.2) is 8.42 Å². The van der Waals surface area contributed by atoms with E-state index in [1.807, 2.05) is 47.1 Å². The lowest BCUT2D eigenvalue weighted by molar-refractivity contribution is 0.334. The zero-order chi connectivity index (χ0) is 16.2. The third-order valence-electron chi connectivity index (χ3n) is 5.46. The summed E-state index contributed by atoms with van der Waals surface area (Å²) in [5, 5.41) is 4.22. The quantitative estimate of drug-likeness (QED) is 0.914. The first-order chi connectivity index (χ1) is 11.0. The van der Waals surface area contributed by atoms with Crippen molar-refractivity contribution in [3.63, 3.8) is 0 Å². The standard InChI is InChI=1S/C17H23N3O2S/c1-12-17(15-5-3-4-6-16(15)19(12)2)23(21,22)20-13-7-8-14(20)11-18-10-9-13/h3-6,13-14,18H,7-11H2,1-2H3. The number of sulfonamides is 1. The third-order valence-corrected chi connectivity index (χ3v) is 7.65. The number of fused-ring (bicyclic) bond motifs is 3. The van der Waals surface area contributed by atoms with Crippen LogP contribution in [0.15, 0.2) is 29.2 Å². The molecule has 2 saturated heterocycles. The number of para-hydroxylation sites is 1. The fourth-order valence-corrected chi connectivity index (χ4v) is 6.60. The number of rotatable bonds is 2. The van der Waals surface area contributed by atoms with Crippen LogP contribution in [-0.2, 0) is 17.1 Å². The average molecular weight is 333 g/mol. The van der Waals surface area contributed by atoms with Crippen molar-refractivity contribution < 1.29 is 8.42 Å². The summed E-state index contributed by atoms with van der Waals surface area (Å²) in [6.45, 7) is 3.58. The highest BCUT2D eigenvalue weighted by atomic mass is 32.2. The summed E-state index contributed by atoms with van der Waals surface area (Å²) in [6.07, 6.45) is 2.84. The number of nitrogens with zero attached hydrogens (tertiary/aromatic N) is 2. The number of aryl methyl sites for hydroxylation is 1. The maximum absolute atomic E-state index is 13.5. The first kappa shape index (κ1) is 15.2. The van der Waals surface area contributed by atoms with E-state index in [2.05, 4.69) is 5.32 Å². The van der Waals surface area contributed by atoms with Crippen LogP contribution in [0.3, 0.4) is 0 Å². The summed E-state index contributed by atoms with van der Waals surface area (Å²) in [6, 6.07) is 8.01. The van der Waals surface area contributed by atoms with Gasteiger partial charge in [-0.05, 0) is 38.8 Å². The number of aromatic nitrogens is 1. The van der Waals surface area contributed by atoms with Crippen LogP contribution in [0, 0.1) is 6.92 Å². The van der Waals surface area contributed by atoms with Gasteiger partial charge in [0.05, 0.1) is 0 Å². The van der Waals surface area contributed by atoms with Crippen molar-refractivity contribution in [2.45, 2.75) is 43.2 Å². The highest BCUT2D eigenvalue weighted by Crippen LogP contribution is 2.38. The Balaban J connectivity index is 1.91. The van der Waals surface area contributed by atoms with Gasteiger partial charge in [0, 0.05) is 42.3 Å². The van der Waals surface area contributed by atoms with Crippen molar-refractivity contribution in [3.05, 3.63) is 30.0 Å². The van der Waals surface area contributed by atoms with Crippen LogP contribution in [-0.4, -0.2) is 42.5 Å². The molecule has 0 saturated carbocycles. The Labute approximate surface area is 137 Å². The molecule has 23 heavy (non-hydrogen) atoms. The zero-order valence-corrected chi connectivity index (χ0v) is 14.4. The molecule has 1 aromatic heterocycles. The molecule has 2 atom stereocenters. The Morgan fingerprint density at radius 3 is 2.70 bits per heavy atom. The van der Waals surface area contributed by atoms with E-state index in [4.69, 9.17) is 0 Å². The van der Waals surface area contributed by atoms with Crippen LogP contribution in [0.1, 0.15) is 25.0 Å². The molecule has 0 amide bonds. The second-order valence-electron chi connectivity index (χ2n) is 6.70. The van der Waals surface area contributed by atoms with Crippen molar-refractivity contribution in [2.75, 3.05) is 13.1 Å². The average Bonchev–Trinajstić information content (AvgIpc) is 2.94. The van der Waals surface area contributed by atoms with Gasteiger partial charge in [0.2, 0.25) is 10.0 Å². The molecular weight excluding hydrogens is 310 g/mol. The number of hydrogen-bond acceptors (Lipinski definition) is 3. The first-order valence-corrected chi connectivity index (χ1v) is 9.74. The molecule has 5 nitrogen and oxygen atoms in total. The van der Waals surface area contributed by atoms with E-state index in [-0.39, 0.29) is 12.1 Å². The SMILES string of the molecule is Cc1c(S(=O)(=O)N2C3CCNCC2CC3)c2ccccc2n1C. The van der Waals surface area contributed by atoms with Gasteiger partial charge in [-0.2, -0.15) is 4.31 Å². The molecule has 124 valence electrons. The molecule has 6 heteroatoms. The summed E-state index contributed by atoms with van der Waals surface area (Å²) in [7, 11) is -1.55. The van der Waals surface area contributed by atoms with Crippen LogP contribution < -0.4 is 5.32 Å². The minimum absolute atomic E-state index is 0.0888. The molecule has 2 aromatic rings. The van der Waals surface area contributed by atoms with Gasteiger partial charge in [-0.3, -0.25) is 0 Å². The van der Waals surface area contributed by atoms with Gasteiger partial charge in [-0.1, -0.05) is 18.2 Å². The second kappa shape index (κ2) is 5.33. The Bertz CT molecular complexity index is 842. The molecule has 1 N–H and O–H groups in total. The third kappa shape index (κ3) is 2.16.